The molecule has 0 saturated carbocycles. The van der Waals surface area contributed by atoms with E-state index in [1.807, 2.05) is 0 Å². The monoisotopic (exact) mass is 196 g/mol. The maximum Gasteiger partial charge on any atom is 0.338 e. The molecule has 1 aliphatic rings. The fraction of sp³-hybridized carbons (Fsp3) is 0.222. The highest BCUT2D eigenvalue weighted by molar-refractivity contribution is 6.48. The molecule has 5 nitrogen and oxygen atoms in total. The van der Waals surface area contributed by atoms with E-state index >= 15 is 0 Å². The molecule has 0 aromatic carbocycles. The number of aliphatic hydroxyl groups excluding tert-OH is 1. The first-order valence-corrected chi connectivity index (χ1v) is 3.94. The Morgan fingerprint density at radius 3 is 2.57 bits per heavy atom. The topological polar surface area (TPSA) is 80.7 Å². The van der Waals surface area contributed by atoms with E-state index in [0.717, 1.165) is 12.2 Å². The molecule has 0 fully saturated rings. The second kappa shape index (κ2) is 3.87. The highest BCUT2D eigenvalue weighted by atomic mass is 16.5. The van der Waals surface area contributed by atoms with Crippen LogP contribution in [0, 0.1) is 0 Å². The minimum atomic E-state index is -1.02. The van der Waals surface area contributed by atoms with Crippen molar-refractivity contribution in [2.24, 2.45) is 0 Å². The van der Waals surface area contributed by atoms with Crippen molar-refractivity contribution in [3.8, 4) is 0 Å². The number of ether oxygens (including phenoxy) is 1. The number of carbonyl (C=O) groups is 3. The maximum absolute atomic E-state index is 11.1. The number of carbonyl (C=O) groups excluding carboxylic acids is 3. The normalized spacial score (nSPS) is 16.1. The van der Waals surface area contributed by atoms with Gasteiger partial charge in [-0.2, -0.15) is 0 Å². The average molecular weight is 196 g/mol. The Morgan fingerprint density at radius 1 is 1.43 bits per heavy atom. The number of esters is 1. The Labute approximate surface area is 79.7 Å². The van der Waals surface area contributed by atoms with Gasteiger partial charge in [-0.25, -0.2) is 4.79 Å². The van der Waals surface area contributed by atoms with E-state index in [4.69, 9.17) is 5.11 Å². The molecule has 0 heterocycles. The molecule has 5 heteroatoms. The Morgan fingerprint density at radius 2 is 2.07 bits per heavy atom. The Balaban J connectivity index is 2.93. The first kappa shape index (κ1) is 10.2. The molecule has 0 radical (unpaired) electrons. The van der Waals surface area contributed by atoms with Crippen LogP contribution < -0.4 is 0 Å². The lowest BCUT2D eigenvalue weighted by Gasteiger charge is -2.06. The van der Waals surface area contributed by atoms with Gasteiger partial charge in [0, 0.05) is 6.08 Å². The summed E-state index contributed by atoms with van der Waals surface area (Å²) in [5.74, 6) is -3.41. The van der Waals surface area contributed by atoms with Crippen LogP contribution in [0.4, 0.5) is 0 Å². The van der Waals surface area contributed by atoms with Crippen LogP contribution >= 0.6 is 0 Å². The quantitative estimate of drug-likeness (QED) is 0.384. The Bertz CT molecular complexity index is 361. The van der Waals surface area contributed by atoms with E-state index < -0.39 is 23.3 Å². The fourth-order valence-electron chi connectivity index (χ4n) is 0.920. The number of Topliss-reactive ketones (excluding diaryl/α,β-unsaturated/α-hetero) is 1. The zero-order valence-electron chi connectivity index (χ0n) is 7.44. The third kappa shape index (κ3) is 1.87. The van der Waals surface area contributed by atoms with Gasteiger partial charge in [0.1, 0.15) is 0 Å². The number of hydrogen-bond donors (Lipinski definition) is 1. The predicted molar refractivity (Wildman–Crippen MR) is 45.4 cm³/mol. The van der Waals surface area contributed by atoms with Gasteiger partial charge in [-0.1, -0.05) is 0 Å². The molecule has 0 unspecified atom stereocenters. The highest BCUT2D eigenvalue weighted by Crippen LogP contribution is 2.11. The summed E-state index contributed by atoms with van der Waals surface area (Å²) in [5.41, 5.74) is -0.117. The zero-order chi connectivity index (χ0) is 10.7. The predicted octanol–water partition coefficient (Wildman–Crippen LogP) is 0.0696. The molecule has 1 aliphatic carbocycles. The van der Waals surface area contributed by atoms with Crippen molar-refractivity contribution in [2.75, 3.05) is 6.61 Å². The van der Waals surface area contributed by atoms with Crippen molar-refractivity contribution in [1.82, 2.24) is 0 Å². The van der Waals surface area contributed by atoms with Crippen LogP contribution in [-0.2, 0) is 19.1 Å². The second-order valence-corrected chi connectivity index (χ2v) is 2.54. The van der Waals surface area contributed by atoms with Crippen LogP contribution in [0.3, 0.4) is 0 Å². The Kier molecular flexibility index (Phi) is 2.81. The number of rotatable bonds is 2. The summed E-state index contributed by atoms with van der Waals surface area (Å²) < 4.78 is 4.59. The molecule has 1 rings (SSSR count). The number of aliphatic hydroxyl groups is 1. The van der Waals surface area contributed by atoms with Gasteiger partial charge in [0.2, 0.25) is 5.78 Å². The smallest absolute Gasteiger partial charge is 0.338 e. The van der Waals surface area contributed by atoms with E-state index in [9.17, 15) is 14.4 Å². The van der Waals surface area contributed by atoms with Gasteiger partial charge in [0.15, 0.2) is 5.76 Å². The summed E-state index contributed by atoms with van der Waals surface area (Å²) in [5, 5.41) is 8.98. The van der Waals surface area contributed by atoms with Crippen molar-refractivity contribution in [3.63, 3.8) is 0 Å². The lowest BCUT2D eigenvalue weighted by molar-refractivity contribution is -0.138. The number of allylic oxidation sites excluding steroid dienone is 2. The van der Waals surface area contributed by atoms with Gasteiger partial charge in [0.05, 0.1) is 12.2 Å². The molecular weight excluding hydrogens is 188 g/mol. The van der Waals surface area contributed by atoms with E-state index in [-0.39, 0.29) is 12.2 Å². The third-order valence-corrected chi connectivity index (χ3v) is 1.55. The molecular formula is C9H8O5. The van der Waals surface area contributed by atoms with Gasteiger partial charge >= 0.3 is 5.97 Å². The molecule has 0 spiro atoms. The molecule has 0 aromatic heterocycles. The van der Waals surface area contributed by atoms with E-state index in [0.29, 0.717) is 0 Å². The molecule has 0 aliphatic heterocycles. The summed E-state index contributed by atoms with van der Waals surface area (Å²) in [6, 6.07) is 0. The number of hydrogen-bond acceptors (Lipinski definition) is 5. The first-order valence-electron chi connectivity index (χ1n) is 3.94. The molecule has 0 atom stereocenters. The largest absolute Gasteiger partial charge is 0.504 e. The third-order valence-electron chi connectivity index (χ3n) is 1.55. The van der Waals surface area contributed by atoms with Crippen LogP contribution in [0.1, 0.15) is 6.92 Å². The molecule has 0 aromatic rings. The highest BCUT2D eigenvalue weighted by Gasteiger charge is 2.25. The average Bonchev–Trinajstić information content (AvgIpc) is 2.13. The summed E-state index contributed by atoms with van der Waals surface area (Å²) in [4.78, 5) is 32.8. The second-order valence-electron chi connectivity index (χ2n) is 2.54. The van der Waals surface area contributed by atoms with Crippen LogP contribution in [0.15, 0.2) is 23.5 Å². The number of ketones is 2. The summed E-state index contributed by atoms with van der Waals surface area (Å²) in [6.07, 6.45) is 1.77. The molecule has 0 amide bonds. The van der Waals surface area contributed by atoms with Crippen molar-refractivity contribution in [1.29, 1.82) is 0 Å². The van der Waals surface area contributed by atoms with Crippen molar-refractivity contribution >= 4 is 17.5 Å². The van der Waals surface area contributed by atoms with E-state index in [1.165, 1.54) is 0 Å². The zero-order valence-corrected chi connectivity index (χ0v) is 7.44. The van der Waals surface area contributed by atoms with E-state index in [2.05, 4.69) is 4.74 Å². The van der Waals surface area contributed by atoms with Crippen LogP contribution in [0.5, 0.6) is 0 Å². The molecule has 0 bridgehead atoms. The van der Waals surface area contributed by atoms with Gasteiger partial charge < -0.3 is 9.84 Å². The van der Waals surface area contributed by atoms with Gasteiger partial charge in [-0.3, -0.25) is 9.59 Å². The molecule has 14 heavy (non-hydrogen) atoms. The Hall–Kier alpha value is -1.91. The lowest BCUT2D eigenvalue weighted by atomic mass is 10.0. The van der Waals surface area contributed by atoms with Crippen molar-refractivity contribution < 1.29 is 24.2 Å². The fourth-order valence-corrected chi connectivity index (χ4v) is 0.920. The van der Waals surface area contributed by atoms with Gasteiger partial charge in [-0.15, -0.1) is 0 Å². The minimum absolute atomic E-state index is 0.117. The summed E-state index contributed by atoms with van der Waals surface area (Å²) >= 11 is 0. The van der Waals surface area contributed by atoms with E-state index in [1.54, 1.807) is 6.92 Å². The molecule has 1 N–H and O–H groups in total. The van der Waals surface area contributed by atoms with Gasteiger partial charge in [0.25, 0.3) is 5.78 Å². The van der Waals surface area contributed by atoms with Crippen LogP contribution in [-0.4, -0.2) is 29.2 Å². The standard InChI is InChI=1S/C9H8O5/c1-2-14-9(13)5-3-6(10)8(12)7(11)4-5/h3-4,10H,2H2,1H3. The SMILES string of the molecule is CCOC(=O)C1=CC(=O)C(=O)C(O)=C1. The molecule has 74 valence electrons. The maximum atomic E-state index is 11.1. The first-order chi connectivity index (χ1) is 6.56. The van der Waals surface area contributed by atoms with Gasteiger partial charge in [-0.05, 0) is 13.0 Å². The minimum Gasteiger partial charge on any atom is -0.504 e. The molecule has 0 saturated heterocycles. The summed E-state index contributed by atoms with van der Waals surface area (Å²) in [6.45, 7) is 1.77. The lowest BCUT2D eigenvalue weighted by Crippen LogP contribution is -2.21. The van der Waals surface area contributed by atoms with Crippen LogP contribution in [0.25, 0.3) is 0 Å². The summed E-state index contributed by atoms with van der Waals surface area (Å²) in [7, 11) is 0. The van der Waals surface area contributed by atoms with Crippen molar-refractivity contribution in [2.45, 2.75) is 6.92 Å². The van der Waals surface area contributed by atoms with Crippen LogP contribution in [0.2, 0.25) is 0 Å². The van der Waals surface area contributed by atoms with Crippen molar-refractivity contribution in [3.05, 3.63) is 23.5 Å².